The second-order valence-electron chi connectivity index (χ2n) is 19.6. The predicted molar refractivity (Wildman–Crippen MR) is 301 cm³/mol. The molecule has 0 radical (unpaired) electrons. The maximum Gasteiger partial charge on any atom is 0.311 e. The molecule has 4 aromatic carbocycles. The molecule has 0 fully saturated rings. The Morgan fingerprint density at radius 2 is 0.744 bits per heavy atom. The molecule has 410 valence electrons. The van der Waals surface area contributed by atoms with E-state index in [4.69, 9.17) is 58.3 Å². The average molecular weight is 1060 g/mol. The first-order chi connectivity index (χ1) is 38.1. The van der Waals surface area contributed by atoms with Crippen molar-refractivity contribution in [3.8, 4) is 80.0 Å². The maximum absolute atomic E-state index is 12.7. The van der Waals surface area contributed by atoms with Gasteiger partial charge in [-0.2, -0.15) is 0 Å². The Balaban J connectivity index is 1.49. The number of hydrogen-bond acceptors (Lipinski definition) is 14. The third-order valence-electron chi connectivity index (χ3n) is 13.7. The number of carbonyl (C=O) groups is 2. The Bertz CT molecular complexity index is 3480. The predicted octanol–water partition coefficient (Wildman–Crippen LogP) is 13.6. The lowest BCUT2D eigenvalue weighted by Crippen LogP contribution is -2.15. The summed E-state index contributed by atoms with van der Waals surface area (Å²) in [5, 5.41) is 22.5. The molecule has 3 aromatic heterocycles. The molecular weight excluding hydrogens is 993 g/mol. The van der Waals surface area contributed by atoms with Crippen LogP contribution in [0, 0.1) is 0 Å². The minimum absolute atomic E-state index is 0.229. The molecule has 7 aromatic rings. The fourth-order valence-electron chi connectivity index (χ4n) is 9.43. The molecular formula is C60H70N8O10. The number of ether oxygens (including phenoxy) is 6. The molecule has 1 atom stereocenters. The number of fused-ring (bicyclic) bond motifs is 20. The zero-order valence-corrected chi connectivity index (χ0v) is 45.6. The van der Waals surface area contributed by atoms with Gasteiger partial charge in [0.2, 0.25) is 0 Å². The number of aromatic nitrogens is 8. The van der Waals surface area contributed by atoms with E-state index < -0.39 is 24.3 Å². The Morgan fingerprint density at radius 1 is 0.423 bits per heavy atom. The van der Waals surface area contributed by atoms with Crippen molar-refractivity contribution in [2.24, 2.45) is 0 Å². The van der Waals surface area contributed by atoms with Crippen LogP contribution in [-0.2, 0) is 9.59 Å². The number of H-pyrrole nitrogens is 2. The summed E-state index contributed by atoms with van der Waals surface area (Å²) in [6.45, 7) is 15.3. The van der Waals surface area contributed by atoms with E-state index in [-0.39, 0.29) is 34.5 Å². The van der Waals surface area contributed by atoms with Gasteiger partial charge < -0.3 is 48.6 Å². The molecule has 2 aliphatic heterocycles. The van der Waals surface area contributed by atoms with Crippen LogP contribution in [-0.4, -0.2) is 102 Å². The molecule has 0 saturated carbocycles. The first-order valence-corrected chi connectivity index (χ1v) is 27.8. The fraction of sp³-hybridized carbons (Fsp3) is 0.433. The summed E-state index contributed by atoms with van der Waals surface area (Å²) in [6.07, 6.45) is 9.66. The molecule has 9 rings (SSSR count). The minimum atomic E-state index is -1.37. The van der Waals surface area contributed by atoms with Crippen molar-refractivity contribution in [2.75, 3.05) is 39.6 Å². The molecule has 2 aliphatic rings. The van der Waals surface area contributed by atoms with E-state index in [1.54, 1.807) is 18.2 Å². The molecule has 4 N–H and O–H groups in total. The quantitative estimate of drug-likeness (QED) is 0.0334. The van der Waals surface area contributed by atoms with E-state index >= 15 is 0 Å². The van der Waals surface area contributed by atoms with Crippen molar-refractivity contribution in [3.63, 3.8) is 0 Å². The molecule has 18 heteroatoms. The maximum atomic E-state index is 12.7. The third-order valence-corrected chi connectivity index (χ3v) is 13.7. The van der Waals surface area contributed by atoms with E-state index in [0.29, 0.717) is 135 Å². The van der Waals surface area contributed by atoms with Crippen LogP contribution in [0.3, 0.4) is 0 Å². The number of hydrogen-bond donors (Lipinski definition) is 4. The molecule has 0 amide bonds. The van der Waals surface area contributed by atoms with E-state index in [1.165, 1.54) is 0 Å². The van der Waals surface area contributed by atoms with Crippen molar-refractivity contribution in [3.05, 3.63) is 60.2 Å². The SMILES string of the molecule is CCCCOc1ccc(OCCCC)c2c1-c1nc-2nc2[nH]c(nc3nc(nc4[nH]c(n1)c1ccc(C(CC(=O)O)C(=O)O)cc41)-c1c(OCCCC)ccc(OCCCC)c1-3)c1c(OCCCC)ccc(OCCCC)c21. The van der Waals surface area contributed by atoms with Crippen molar-refractivity contribution in [2.45, 2.75) is 131 Å². The van der Waals surface area contributed by atoms with Gasteiger partial charge in [0.25, 0.3) is 0 Å². The van der Waals surface area contributed by atoms with Crippen LogP contribution in [0.2, 0.25) is 0 Å². The molecule has 0 spiro atoms. The second kappa shape index (κ2) is 25.4. The highest BCUT2D eigenvalue weighted by atomic mass is 16.5. The van der Waals surface area contributed by atoms with E-state index in [9.17, 15) is 19.8 Å². The summed E-state index contributed by atoms with van der Waals surface area (Å²) in [7, 11) is 0. The monoisotopic (exact) mass is 1060 g/mol. The van der Waals surface area contributed by atoms with Gasteiger partial charge in [0.05, 0.1) is 85.0 Å². The lowest BCUT2D eigenvalue weighted by Gasteiger charge is -2.14. The van der Waals surface area contributed by atoms with E-state index in [1.807, 2.05) is 36.4 Å². The minimum Gasteiger partial charge on any atom is -0.493 e. The summed E-state index contributed by atoms with van der Waals surface area (Å²) in [4.78, 5) is 63.9. The van der Waals surface area contributed by atoms with Crippen LogP contribution in [0.4, 0.5) is 0 Å². The number of carboxylic acid groups (broad SMARTS) is 2. The van der Waals surface area contributed by atoms with E-state index in [0.717, 1.165) is 77.0 Å². The van der Waals surface area contributed by atoms with Gasteiger partial charge in [0.15, 0.2) is 23.3 Å². The number of rotatable bonds is 28. The molecule has 0 aliphatic carbocycles. The van der Waals surface area contributed by atoms with Gasteiger partial charge >= 0.3 is 11.9 Å². The Hall–Kier alpha value is -8.02. The van der Waals surface area contributed by atoms with Crippen molar-refractivity contribution < 1.29 is 48.2 Å². The number of aliphatic carboxylic acids is 2. The van der Waals surface area contributed by atoms with Crippen LogP contribution in [0.15, 0.2) is 54.6 Å². The normalized spacial score (nSPS) is 12.1. The number of nitrogens with one attached hydrogen (secondary N) is 2. The van der Waals surface area contributed by atoms with Gasteiger partial charge in [-0.1, -0.05) is 92.2 Å². The molecule has 18 nitrogen and oxygen atoms in total. The smallest absolute Gasteiger partial charge is 0.311 e. The largest absolute Gasteiger partial charge is 0.493 e. The number of benzene rings is 4. The van der Waals surface area contributed by atoms with Gasteiger partial charge in [0, 0.05) is 10.8 Å². The summed E-state index contributed by atoms with van der Waals surface area (Å²) in [5.74, 6) is 0.385. The number of carboxylic acids is 2. The van der Waals surface area contributed by atoms with Gasteiger partial charge in [-0.15, -0.1) is 0 Å². The molecule has 1 unspecified atom stereocenters. The van der Waals surface area contributed by atoms with Crippen molar-refractivity contribution in [1.82, 2.24) is 39.9 Å². The first-order valence-electron chi connectivity index (χ1n) is 27.8. The standard InChI is InChI=1S/C60H70N8O10/c1-7-13-27-73-39-21-23-41(75-29-15-9-3)48-46(39)54-62-52-36-20-19-35(37(60(71)72)34-45(69)70)33-38(36)53(61-52)63-55-47-40(74-28-14-8-2)22-24-42(76-30-16-10-4)49(47)57(65-55)67-59-51-44(78-32-18-12-6)26-25-43(77-31-17-11-5)50(51)58(68-59)66-56(48)64-54/h19-26,33,37H,7-18,27-32,34H2,1-6H3,(H,69,70)(H,71,72)(H2,61,62,63,64,65,66,67,68). The van der Waals surface area contributed by atoms with Gasteiger partial charge in [0.1, 0.15) is 57.1 Å². The van der Waals surface area contributed by atoms with Gasteiger partial charge in [-0.3, -0.25) is 9.59 Å². The van der Waals surface area contributed by atoms with E-state index in [2.05, 4.69) is 51.5 Å². The van der Waals surface area contributed by atoms with Crippen LogP contribution in [0.25, 0.3) is 89.7 Å². The lowest BCUT2D eigenvalue weighted by atomic mass is 9.94. The zero-order chi connectivity index (χ0) is 54.7. The molecule has 8 bridgehead atoms. The Morgan fingerprint density at radius 3 is 1.09 bits per heavy atom. The summed E-state index contributed by atoms with van der Waals surface area (Å²) < 4.78 is 39.6. The van der Waals surface area contributed by atoms with Crippen LogP contribution in [0.5, 0.6) is 34.5 Å². The second-order valence-corrected chi connectivity index (χ2v) is 19.6. The summed E-state index contributed by atoms with van der Waals surface area (Å²) >= 11 is 0. The van der Waals surface area contributed by atoms with Gasteiger partial charge in [-0.05, 0) is 86.6 Å². The van der Waals surface area contributed by atoms with Crippen molar-refractivity contribution >= 4 is 56.1 Å². The lowest BCUT2D eigenvalue weighted by molar-refractivity contribution is -0.145. The highest BCUT2D eigenvalue weighted by molar-refractivity contribution is 6.12. The average Bonchev–Trinajstić information content (AvgIpc) is 4.37. The summed E-state index contributed by atoms with van der Waals surface area (Å²) in [6, 6.07) is 16.3. The molecule has 5 heterocycles. The van der Waals surface area contributed by atoms with Crippen LogP contribution in [0.1, 0.15) is 136 Å². The topological polar surface area (TPSA) is 239 Å². The third kappa shape index (κ3) is 11.6. The molecule has 0 saturated heterocycles. The summed E-state index contributed by atoms with van der Waals surface area (Å²) in [5.41, 5.74) is 3.86. The Labute approximate surface area is 453 Å². The Kier molecular flexibility index (Phi) is 17.8. The van der Waals surface area contributed by atoms with Crippen LogP contribution >= 0.6 is 0 Å². The highest BCUT2D eigenvalue weighted by Crippen LogP contribution is 2.49. The number of unbranched alkanes of at least 4 members (excludes halogenated alkanes) is 6. The molecule has 78 heavy (non-hydrogen) atoms. The highest BCUT2D eigenvalue weighted by Gasteiger charge is 2.32. The fourth-order valence-corrected chi connectivity index (χ4v) is 9.43. The number of nitrogens with zero attached hydrogens (tertiary/aromatic N) is 6. The zero-order valence-electron chi connectivity index (χ0n) is 45.6. The van der Waals surface area contributed by atoms with Crippen molar-refractivity contribution in [1.29, 1.82) is 0 Å². The van der Waals surface area contributed by atoms with Crippen LogP contribution < -0.4 is 28.4 Å². The first kappa shape index (κ1) is 54.8. The van der Waals surface area contributed by atoms with Gasteiger partial charge in [-0.25, -0.2) is 29.9 Å². The number of aromatic amines is 2.